The molecule has 6 nitrogen and oxygen atoms in total. The first-order chi connectivity index (χ1) is 10.9. The third-order valence-electron chi connectivity index (χ3n) is 3.22. The van der Waals surface area contributed by atoms with E-state index in [1.54, 1.807) is 37.3 Å². The van der Waals surface area contributed by atoms with Crippen molar-refractivity contribution >= 4 is 33.2 Å². The Balaban J connectivity index is 2.59. The number of hydrogen-bond donors (Lipinski definition) is 2. The first-order valence-corrected chi connectivity index (χ1v) is 8.51. The SMILES string of the molecule is Cc1ccc(Cl)cc1N(CC(=O)NN)S(=O)(=O)c1ccccc1. The number of hydrogen-bond acceptors (Lipinski definition) is 4. The number of aryl methyl sites for hydroxylation is 1. The second kappa shape index (κ2) is 6.99. The molecule has 0 saturated carbocycles. The van der Waals surface area contributed by atoms with E-state index in [-0.39, 0.29) is 4.90 Å². The van der Waals surface area contributed by atoms with Crippen LogP contribution in [0, 0.1) is 6.92 Å². The van der Waals surface area contributed by atoms with Gasteiger partial charge in [-0.05, 0) is 36.8 Å². The average molecular weight is 354 g/mol. The summed E-state index contributed by atoms with van der Waals surface area (Å²) in [5.41, 5.74) is 2.93. The van der Waals surface area contributed by atoms with Crippen LogP contribution in [0.15, 0.2) is 53.4 Å². The molecule has 0 fully saturated rings. The van der Waals surface area contributed by atoms with Crippen LogP contribution in [0.25, 0.3) is 0 Å². The Morgan fingerprint density at radius 2 is 1.87 bits per heavy atom. The molecule has 0 radical (unpaired) electrons. The molecular weight excluding hydrogens is 338 g/mol. The Morgan fingerprint density at radius 1 is 1.22 bits per heavy atom. The van der Waals surface area contributed by atoms with Crippen molar-refractivity contribution in [3.63, 3.8) is 0 Å². The van der Waals surface area contributed by atoms with Crippen LogP contribution in [-0.2, 0) is 14.8 Å². The molecule has 0 aliphatic carbocycles. The molecule has 0 aromatic heterocycles. The van der Waals surface area contributed by atoms with Gasteiger partial charge in [-0.1, -0.05) is 35.9 Å². The maximum absolute atomic E-state index is 12.9. The van der Waals surface area contributed by atoms with Gasteiger partial charge in [-0.3, -0.25) is 14.5 Å². The molecule has 1 amide bonds. The summed E-state index contributed by atoms with van der Waals surface area (Å²) in [6.45, 7) is 1.29. The molecule has 122 valence electrons. The normalized spacial score (nSPS) is 11.1. The average Bonchev–Trinajstić information content (AvgIpc) is 2.55. The minimum absolute atomic E-state index is 0.0733. The van der Waals surface area contributed by atoms with E-state index in [1.807, 2.05) is 5.43 Å². The van der Waals surface area contributed by atoms with Crippen LogP contribution in [0.4, 0.5) is 5.69 Å². The van der Waals surface area contributed by atoms with Crippen LogP contribution in [0.1, 0.15) is 5.56 Å². The number of carbonyl (C=O) groups is 1. The summed E-state index contributed by atoms with van der Waals surface area (Å²) >= 11 is 5.98. The highest BCUT2D eigenvalue weighted by Gasteiger charge is 2.28. The number of sulfonamides is 1. The van der Waals surface area contributed by atoms with Gasteiger partial charge in [0.05, 0.1) is 10.6 Å². The molecule has 0 unspecified atom stereocenters. The number of carbonyl (C=O) groups excluding carboxylic acids is 1. The Kier molecular flexibility index (Phi) is 5.25. The van der Waals surface area contributed by atoms with Gasteiger partial charge in [0.25, 0.3) is 15.9 Å². The molecule has 0 saturated heterocycles. The maximum Gasteiger partial charge on any atom is 0.264 e. The fourth-order valence-electron chi connectivity index (χ4n) is 2.05. The van der Waals surface area contributed by atoms with Crippen molar-refractivity contribution in [2.24, 2.45) is 5.84 Å². The fourth-order valence-corrected chi connectivity index (χ4v) is 3.71. The topological polar surface area (TPSA) is 92.5 Å². The molecule has 2 rings (SSSR count). The highest BCUT2D eigenvalue weighted by Crippen LogP contribution is 2.29. The lowest BCUT2D eigenvalue weighted by atomic mass is 10.2. The van der Waals surface area contributed by atoms with Crippen molar-refractivity contribution in [1.82, 2.24) is 5.43 Å². The number of halogens is 1. The summed E-state index contributed by atoms with van der Waals surface area (Å²) in [7, 11) is -3.94. The lowest BCUT2D eigenvalue weighted by molar-refractivity contribution is -0.119. The lowest BCUT2D eigenvalue weighted by Gasteiger charge is -2.25. The summed E-state index contributed by atoms with van der Waals surface area (Å²) < 4.78 is 26.8. The highest BCUT2D eigenvalue weighted by atomic mass is 35.5. The van der Waals surface area contributed by atoms with Gasteiger partial charge in [-0.25, -0.2) is 14.3 Å². The first kappa shape index (κ1) is 17.3. The maximum atomic E-state index is 12.9. The molecule has 8 heteroatoms. The van der Waals surface area contributed by atoms with Gasteiger partial charge in [0.15, 0.2) is 0 Å². The molecule has 2 aromatic carbocycles. The van der Waals surface area contributed by atoms with Gasteiger partial charge in [0.2, 0.25) is 0 Å². The van der Waals surface area contributed by atoms with Gasteiger partial charge < -0.3 is 0 Å². The Bertz CT molecular complexity index is 810. The minimum Gasteiger partial charge on any atom is -0.293 e. The molecular formula is C15H16ClN3O3S. The van der Waals surface area contributed by atoms with Crippen LogP contribution in [0.3, 0.4) is 0 Å². The molecule has 0 aliphatic heterocycles. The molecule has 0 bridgehead atoms. The number of amides is 1. The van der Waals surface area contributed by atoms with E-state index in [1.165, 1.54) is 18.2 Å². The lowest BCUT2D eigenvalue weighted by Crippen LogP contribution is -2.43. The van der Waals surface area contributed by atoms with Gasteiger partial charge in [0.1, 0.15) is 6.54 Å². The summed E-state index contributed by atoms with van der Waals surface area (Å²) in [5.74, 6) is 4.47. The van der Waals surface area contributed by atoms with Crippen LogP contribution in [0.2, 0.25) is 5.02 Å². The zero-order valence-electron chi connectivity index (χ0n) is 12.4. The zero-order chi connectivity index (χ0) is 17.0. The van der Waals surface area contributed by atoms with E-state index >= 15 is 0 Å². The van der Waals surface area contributed by atoms with E-state index in [0.29, 0.717) is 16.3 Å². The van der Waals surface area contributed by atoms with E-state index < -0.39 is 22.5 Å². The van der Waals surface area contributed by atoms with Gasteiger partial charge >= 0.3 is 0 Å². The Morgan fingerprint density at radius 3 is 2.48 bits per heavy atom. The zero-order valence-corrected chi connectivity index (χ0v) is 13.9. The van der Waals surface area contributed by atoms with Crippen LogP contribution in [0.5, 0.6) is 0 Å². The van der Waals surface area contributed by atoms with E-state index in [9.17, 15) is 13.2 Å². The third kappa shape index (κ3) is 3.82. The smallest absolute Gasteiger partial charge is 0.264 e. The number of benzene rings is 2. The van der Waals surface area contributed by atoms with Crippen LogP contribution >= 0.6 is 11.6 Å². The Hall–Kier alpha value is -2.09. The van der Waals surface area contributed by atoms with Crippen molar-refractivity contribution in [3.8, 4) is 0 Å². The molecule has 3 N–H and O–H groups in total. The molecule has 0 atom stereocenters. The Labute approximate surface area is 139 Å². The summed E-state index contributed by atoms with van der Waals surface area (Å²) in [5, 5.41) is 0.368. The van der Waals surface area contributed by atoms with Crippen molar-refractivity contribution in [2.45, 2.75) is 11.8 Å². The number of nitrogens with two attached hydrogens (primary N) is 1. The molecule has 2 aromatic rings. The predicted octanol–water partition coefficient (Wildman–Crippen LogP) is 1.83. The number of nitrogens with zero attached hydrogens (tertiary/aromatic N) is 1. The van der Waals surface area contributed by atoms with Gasteiger partial charge in [0, 0.05) is 5.02 Å². The molecule has 23 heavy (non-hydrogen) atoms. The highest BCUT2D eigenvalue weighted by molar-refractivity contribution is 7.92. The quantitative estimate of drug-likeness (QED) is 0.487. The molecule has 0 spiro atoms. The van der Waals surface area contributed by atoms with Crippen molar-refractivity contribution in [3.05, 3.63) is 59.1 Å². The van der Waals surface area contributed by atoms with Crippen molar-refractivity contribution < 1.29 is 13.2 Å². The fraction of sp³-hybridized carbons (Fsp3) is 0.133. The van der Waals surface area contributed by atoms with Crippen molar-refractivity contribution in [1.29, 1.82) is 0 Å². The number of nitrogens with one attached hydrogen (secondary N) is 1. The van der Waals surface area contributed by atoms with Crippen LogP contribution < -0.4 is 15.6 Å². The second-order valence-corrected chi connectivity index (χ2v) is 7.12. The van der Waals surface area contributed by atoms with Gasteiger partial charge in [-0.15, -0.1) is 0 Å². The van der Waals surface area contributed by atoms with Crippen molar-refractivity contribution in [2.75, 3.05) is 10.8 Å². The summed E-state index contributed by atoms with van der Waals surface area (Å²) in [4.78, 5) is 11.8. The van der Waals surface area contributed by atoms with E-state index in [0.717, 1.165) is 4.31 Å². The van der Waals surface area contributed by atoms with E-state index in [2.05, 4.69) is 0 Å². The number of hydrazine groups is 1. The molecule has 0 heterocycles. The standard InChI is InChI=1S/C15H16ClN3O3S/c1-11-7-8-12(16)9-14(11)19(10-15(20)18-17)23(21,22)13-5-3-2-4-6-13/h2-9H,10,17H2,1H3,(H,18,20). The largest absolute Gasteiger partial charge is 0.293 e. The number of anilines is 1. The monoisotopic (exact) mass is 353 g/mol. The minimum atomic E-state index is -3.94. The first-order valence-electron chi connectivity index (χ1n) is 6.69. The van der Waals surface area contributed by atoms with E-state index in [4.69, 9.17) is 17.4 Å². The molecule has 0 aliphatic rings. The third-order valence-corrected chi connectivity index (χ3v) is 5.23. The summed E-state index contributed by atoms with van der Waals surface area (Å²) in [6, 6.07) is 12.7. The summed E-state index contributed by atoms with van der Waals surface area (Å²) in [6.07, 6.45) is 0. The van der Waals surface area contributed by atoms with Crippen LogP contribution in [-0.4, -0.2) is 20.9 Å². The number of rotatable bonds is 5. The predicted molar refractivity (Wildman–Crippen MR) is 89.5 cm³/mol. The second-order valence-electron chi connectivity index (χ2n) is 4.82. The van der Waals surface area contributed by atoms with Gasteiger partial charge in [-0.2, -0.15) is 0 Å².